The van der Waals surface area contributed by atoms with E-state index in [1.807, 2.05) is 13.8 Å². The van der Waals surface area contributed by atoms with E-state index in [1.54, 1.807) is 0 Å². The van der Waals surface area contributed by atoms with Crippen molar-refractivity contribution in [2.45, 2.75) is 44.9 Å². The highest BCUT2D eigenvalue weighted by Gasteiger charge is 2.16. The van der Waals surface area contributed by atoms with E-state index < -0.39 is 5.60 Å². The van der Waals surface area contributed by atoms with Crippen molar-refractivity contribution in [2.24, 2.45) is 0 Å². The SMILES string of the molecule is CN(Cc1ccc(CCC(C)(C)O)cc1)C[C@H]1COCCO1. The molecule has 124 valence electrons. The van der Waals surface area contributed by atoms with Crippen LogP contribution in [0.5, 0.6) is 0 Å². The standard InChI is InChI=1S/C18H29NO3/c1-18(2,20)9-8-15-4-6-16(7-5-15)12-19(3)13-17-14-21-10-11-22-17/h4-7,17,20H,8-14H2,1-3H3/t17-/m0/s1. The summed E-state index contributed by atoms with van der Waals surface area (Å²) in [6.45, 7) is 7.62. The summed E-state index contributed by atoms with van der Waals surface area (Å²) >= 11 is 0. The molecule has 1 atom stereocenters. The van der Waals surface area contributed by atoms with Gasteiger partial charge in [-0.2, -0.15) is 0 Å². The van der Waals surface area contributed by atoms with E-state index in [9.17, 15) is 5.11 Å². The first-order chi connectivity index (χ1) is 10.4. The topological polar surface area (TPSA) is 41.9 Å². The molecule has 0 spiro atoms. The smallest absolute Gasteiger partial charge is 0.0936 e. The molecule has 0 unspecified atom stereocenters. The van der Waals surface area contributed by atoms with Crippen molar-refractivity contribution in [3.63, 3.8) is 0 Å². The van der Waals surface area contributed by atoms with Crippen molar-refractivity contribution in [1.82, 2.24) is 4.90 Å². The van der Waals surface area contributed by atoms with Crippen molar-refractivity contribution in [1.29, 1.82) is 0 Å². The molecule has 4 heteroatoms. The van der Waals surface area contributed by atoms with Gasteiger partial charge < -0.3 is 14.6 Å². The molecule has 1 fully saturated rings. The van der Waals surface area contributed by atoms with Gasteiger partial charge in [-0.25, -0.2) is 0 Å². The van der Waals surface area contributed by atoms with Gasteiger partial charge in [0.2, 0.25) is 0 Å². The molecule has 1 aliphatic rings. The van der Waals surface area contributed by atoms with Crippen LogP contribution in [0, 0.1) is 0 Å². The van der Waals surface area contributed by atoms with E-state index in [4.69, 9.17) is 9.47 Å². The van der Waals surface area contributed by atoms with Crippen LogP contribution in [-0.4, -0.2) is 55.1 Å². The molecule has 1 heterocycles. The van der Waals surface area contributed by atoms with Crippen LogP contribution in [0.4, 0.5) is 0 Å². The van der Waals surface area contributed by atoms with Gasteiger partial charge in [-0.1, -0.05) is 24.3 Å². The molecule has 0 aliphatic carbocycles. The molecule has 1 aromatic carbocycles. The van der Waals surface area contributed by atoms with Crippen LogP contribution in [0.3, 0.4) is 0 Å². The first kappa shape index (κ1) is 17.4. The Morgan fingerprint density at radius 1 is 1.18 bits per heavy atom. The maximum Gasteiger partial charge on any atom is 0.0936 e. The van der Waals surface area contributed by atoms with Crippen LogP contribution < -0.4 is 0 Å². The predicted molar refractivity (Wildman–Crippen MR) is 88.0 cm³/mol. The zero-order chi connectivity index (χ0) is 16.0. The van der Waals surface area contributed by atoms with Crippen molar-refractivity contribution in [2.75, 3.05) is 33.4 Å². The van der Waals surface area contributed by atoms with Crippen molar-refractivity contribution >= 4 is 0 Å². The summed E-state index contributed by atoms with van der Waals surface area (Å²) < 4.78 is 11.1. The fourth-order valence-corrected chi connectivity index (χ4v) is 2.63. The highest BCUT2D eigenvalue weighted by atomic mass is 16.6. The molecule has 0 saturated carbocycles. The summed E-state index contributed by atoms with van der Waals surface area (Å²) in [5.74, 6) is 0. The fraction of sp³-hybridized carbons (Fsp3) is 0.667. The van der Waals surface area contributed by atoms with Gasteiger partial charge in [-0.05, 0) is 44.9 Å². The Labute approximate surface area is 134 Å². The maximum atomic E-state index is 9.78. The molecule has 0 bridgehead atoms. The lowest BCUT2D eigenvalue weighted by atomic mass is 9.98. The number of likely N-dealkylation sites (N-methyl/N-ethyl adjacent to an activating group) is 1. The summed E-state index contributed by atoms with van der Waals surface area (Å²) in [6.07, 6.45) is 1.88. The second kappa shape index (κ2) is 8.06. The molecule has 4 nitrogen and oxygen atoms in total. The lowest BCUT2D eigenvalue weighted by Gasteiger charge is -2.27. The average molecular weight is 307 g/mol. The first-order valence-corrected chi connectivity index (χ1v) is 8.10. The van der Waals surface area contributed by atoms with Gasteiger partial charge >= 0.3 is 0 Å². The summed E-state index contributed by atoms with van der Waals surface area (Å²) in [6, 6.07) is 8.67. The summed E-state index contributed by atoms with van der Waals surface area (Å²) in [5.41, 5.74) is 1.98. The van der Waals surface area contributed by atoms with Gasteiger partial charge in [-0.15, -0.1) is 0 Å². The van der Waals surface area contributed by atoms with Gasteiger partial charge in [-0.3, -0.25) is 4.90 Å². The Bertz CT molecular complexity index is 433. The fourth-order valence-electron chi connectivity index (χ4n) is 2.63. The van der Waals surface area contributed by atoms with Crippen LogP contribution in [0.25, 0.3) is 0 Å². The van der Waals surface area contributed by atoms with Crippen molar-refractivity contribution < 1.29 is 14.6 Å². The monoisotopic (exact) mass is 307 g/mol. The van der Waals surface area contributed by atoms with Crippen LogP contribution in [0.15, 0.2) is 24.3 Å². The van der Waals surface area contributed by atoms with E-state index in [2.05, 4.69) is 36.2 Å². The zero-order valence-corrected chi connectivity index (χ0v) is 14.0. The van der Waals surface area contributed by atoms with Gasteiger partial charge in [0, 0.05) is 13.1 Å². The number of hydrogen-bond donors (Lipinski definition) is 1. The van der Waals surface area contributed by atoms with E-state index in [0.29, 0.717) is 19.8 Å². The van der Waals surface area contributed by atoms with Gasteiger partial charge in [0.05, 0.1) is 31.5 Å². The highest BCUT2D eigenvalue weighted by Crippen LogP contribution is 2.14. The van der Waals surface area contributed by atoms with Crippen molar-refractivity contribution in [3.8, 4) is 0 Å². The summed E-state index contributed by atoms with van der Waals surface area (Å²) in [5, 5.41) is 9.78. The van der Waals surface area contributed by atoms with Crippen LogP contribution in [0.1, 0.15) is 31.4 Å². The number of aliphatic hydroxyl groups is 1. The Hall–Kier alpha value is -0.940. The number of benzene rings is 1. The lowest BCUT2D eigenvalue weighted by molar-refractivity contribution is -0.0962. The largest absolute Gasteiger partial charge is 0.390 e. The predicted octanol–water partition coefficient (Wildman–Crippen LogP) is 2.24. The lowest BCUT2D eigenvalue weighted by Crippen LogP contribution is -2.38. The Morgan fingerprint density at radius 3 is 2.45 bits per heavy atom. The zero-order valence-electron chi connectivity index (χ0n) is 14.0. The van der Waals surface area contributed by atoms with Crippen LogP contribution in [0.2, 0.25) is 0 Å². The second-order valence-electron chi connectivity index (χ2n) is 6.89. The summed E-state index contributed by atoms with van der Waals surface area (Å²) in [7, 11) is 2.11. The number of ether oxygens (including phenoxy) is 2. The Morgan fingerprint density at radius 2 is 1.86 bits per heavy atom. The molecule has 1 saturated heterocycles. The molecule has 0 radical (unpaired) electrons. The van der Waals surface area contributed by atoms with Gasteiger partial charge in [0.15, 0.2) is 0 Å². The third kappa shape index (κ3) is 6.44. The minimum absolute atomic E-state index is 0.185. The third-order valence-corrected chi connectivity index (χ3v) is 3.90. The van der Waals surface area contributed by atoms with Crippen molar-refractivity contribution in [3.05, 3.63) is 35.4 Å². The van der Waals surface area contributed by atoms with E-state index in [1.165, 1.54) is 11.1 Å². The molecule has 2 rings (SSSR count). The van der Waals surface area contributed by atoms with Crippen LogP contribution in [-0.2, 0) is 22.4 Å². The molecule has 0 amide bonds. The maximum absolute atomic E-state index is 9.78. The van der Waals surface area contributed by atoms with E-state index in [-0.39, 0.29) is 6.10 Å². The Balaban J connectivity index is 1.77. The summed E-state index contributed by atoms with van der Waals surface area (Å²) in [4.78, 5) is 2.27. The average Bonchev–Trinajstić information content (AvgIpc) is 2.47. The number of aryl methyl sites for hydroxylation is 1. The first-order valence-electron chi connectivity index (χ1n) is 8.10. The molecular weight excluding hydrogens is 278 g/mol. The minimum Gasteiger partial charge on any atom is -0.390 e. The normalized spacial score (nSPS) is 19.6. The van der Waals surface area contributed by atoms with Crippen LogP contribution >= 0.6 is 0 Å². The molecule has 1 N–H and O–H groups in total. The Kier molecular flexibility index (Phi) is 6.38. The molecule has 1 aromatic rings. The minimum atomic E-state index is -0.596. The number of nitrogens with zero attached hydrogens (tertiary/aromatic N) is 1. The van der Waals surface area contributed by atoms with E-state index in [0.717, 1.165) is 25.9 Å². The van der Waals surface area contributed by atoms with Gasteiger partial charge in [0.25, 0.3) is 0 Å². The quantitative estimate of drug-likeness (QED) is 0.839. The molecule has 22 heavy (non-hydrogen) atoms. The van der Waals surface area contributed by atoms with E-state index >= 15 is 0 Å². The molecular formula is C18H29NO3. The molecule has 1 aliphatic heterocycles. The third-order valence-electron chi connectivity index (χ3n) is 3.90. The van der Waals surface area contributed by atoms with Gasteiger partial charge in [0.1, 0.15) is 0 Å². The highest BCUT2D eigenvalue weighted by molar-refractivity contribution is 5.22. The second-order valence-corrected chi connectivity index (χ2v) is 6.89. The molecule has 0 aromatic heterocycles. The number of hydrogen-bond acceptors (Lipinski definition) is 4. The number of rotatable bonds is 7.